The zero-order chi connectivity index (χ0) is 13.0. The van der Waals surface area contributed by atoms with Gasteiger partial charge in [-0.1, -0.05) is 17.7 Å². The summed E-state index contributed by atoms with van der Waals surface area (Å²) in [6.45, 7) is 2.24. The maximum atomic E-state index is 11.9. The lowest BCUT2D eigenvalue weighted by Crippen LogP contribution is -2.23. The monoisotopic (exact) mass is 261 g/mol. The predicted molar refractivity (Wildman–Crippen MR) is 69.4 cm³/mol. The topological polar surface area (TPSA) is 54.9 Å². The van der Waals surface area contributed by atoms with Crippen molar-refractivity contribution in [3.63, 3.8) is 0 Å². The molecule has 2 heterocycles. The van der Waals surface area contributed by atoms with Gasteiger partial charge in [-0.3, -0.25) is 14.8 Å². The summed E-state index contributed by atoms with van der Waals surface area (Å²) >= 11 is 5.99. The Hall–Kier alpha value is -1.94. The minimum Gasteiger partial charge on any atom is -0.348 e. The number of pyridine rings is 2. The maximum Gasteiger partial charge on any atom is 0.254 e. The third-order valence-electron chi connectivity index (χ3n) is 2.41. The summed E-state index contributed by atoms with van der Waals surface area (Å²) in [6, 6.07) is 5.38. The quantitative estimate of drug-likeness (QED) is 0.923. The van der Waals surface area contributed by atoms with Crippen molar-refractivity contribution in [1.82, 2.24) is 15.3 Å². The highest BCUT2D eigenvalue weighted by molar-refractivity contribution is 6.33. The molecule has 2 aromatic heterocycles. The zero-order valence-electron chi connectivity index (χ0n) is 9.85. The standard InChI is InChI=1S/C13H12ClN3O/c1-9-5-12(14)11(8-16-9)13(18)17-7-10-3-2-4-15-6-10/h2-6,8H,7H2,1H3,(H,17,18). The van der Waals surface area contributed by atoms with Crippen LogP contribution in [0.1, 0.15) is 21.6 Å². The number of rotatable bonds is 3. The van der Waals surface area contributed by atoms with Crippen LogP contribution in [0.4, 0.5) is 0 Å². The van der Waals surface area contributed by atoms with Gasteiger partial charge in [0.25, 0.3) is 5.91 Å². The van der Waals surface area contributed by atoms with Crippen molar-refractivity contribution in [2.24, 2.45) is 0 Å². The van der Waals surface area contributed by atoms with E-state index in [9.17, 15) is 4.79 Å². The number of nitrogens with zero attached hydrogens (tertiary/aromatic N) is 2. The molecule has 0 atom stereocenters. The lowest BCUT2D eigenvalue weighted by Gasteiger charge is -2.06. The highest BCUT2D eigenvalue weighted by atomic mass is 35.5. The van der Waals surface area contributed by atoms with E-state index in [4.69, 9.17) is 11.6 Å². The first-order valence-electron chi connectivity index (χ1n) is 5.46. The first-order valence-corrected chi connectivity index (χ1v) is 5.84. The van der Waals surface area contributed by atoms with Gasteiger partial charge in [0.2, 0.25) is 0 Å². The minimum absolute atomic E-state index is 0.239. The second kappa shape index (κ2) is 5.60. The number of hydrogen-bond donors (Lipinski definition) is 1. The fraction of sp³-hybridized carbons (Fsp3) is 0.154. The molecule has 18 heavy (non-hydrogen) atoms. The van der Waals surface area contributed by atoms with Crippen LogP contribution in [0.2, 0.25) is 5.02 Å². The molecule has 5 heteroatoms. The molecule has 0 aliphatic heterocycles. The fourth-order valence-electron chi connectivity index (χ4n) is 1.47. The van der Waals surface area contributed by atoms with E-state index < -0.39 is 0 Å². The van der Waals surface area contributed by atoms with Crippen molar-refractivity contribution in [3.05, 3.63) is 58.6 Å². The second-order valence-electron chi connectivity index (χ2n) is 3.85. The van der Waals surface area contributed by atoms with E-state index in [2.05, 4.69) is 15.3 Å². The van der Waals surface area contributed by atoms with Gasteiger partial charge >= 0.3 is 0 Å². The SMILES string of the molecule is Cc1cc(Cl)c(C(=O)NCc2cccnc2)cn1. The summed E-state index contributed by atoms with van der Waals surface area (Å²) in [7, 11) is 0. The van der Waals surface area contributed by atoms with E-state index >= 15 is 0 Å². The fourth-order valence-corrected chi connectivity index (χ4v) is 1.77. The Labute approximate surface area is 110 Å². The minimum atomic E-state index is -0.239. The van der Waals surface area contributed by atoms with Crippen molar-refractivity contribution < 1.29 is 4.79 Å². The lowest BCUT2D eigenvalue weighted by molar-refractivity contribution is 0.0950. The number of aryl methyl sites for hydroxylation is 1. The van der Waals surface area contributed by atoms with Crippen LogP contribution >= 0.6 is 11.6 Å². The third kappa shape index (κ3) is 3.05. The van der Waals surface area contributed by atoms with Crippen LogP contribution in [-0.4, -0.2) is 15.9 Å². The number of nitrogens with one attached hydrogen (secondary N) is 1. The average molecular weight is 262 g/mol. The van der Waals surface area contributed by atoms with E-state index in [1.54, 1.807) is 18.5 Å². The van der Waals surface area contributed by atoms with Crippen LogP contribution in [0.25, 0.3) is 0 Å². The molecule has 0 bridgehead atoms. The predicted octanol–water partition coefficient (Wildman–Crippen LogP) is 2.37. The van der Waals surface area contributed by atoms with E-state index in [0.29, 0.717) is 17.1 Å². The van der Waals surface area contributed by atoms with E-state index in [1.165, 1.54) is 6.20 Å². The van der Waals surface area contributed by atoms with Gasteiger partial charge in [-0.15, -0.1) is 0 Å². The first kappa shape index (κ1) is 12.5. The van der Waals surface area contributed by atoms with Gasteiger partial charge in [-0.25, -0.2) is 0 Å². The molecule has 0 saturated heterocycles. The second-order valence-corrected chi connectivity index (χ2v) is 4.26. The Morgan fingerprint density at radius 3 is 2.94 bits per heavy atom. The molecule has 2 rings (SSSR count). The van der Waals surface area contributed by atoms with Gasteiger partial charge in [-0.2, -0.15) is 0 Å². The number of carbonyl (C=O) groups is 1. The molecule has 1 N–H and O–H groups in total. The summed E-state index contributed by atoms with van der Waals surface area (Å²) in [5.74, 6) is -0.239. The maximum absolute atomic E-state index is 11.9. The number of hydrogen-bond acceptors (Lipinski definition) is 3. The van der Waals surface area contributed by atoms with Gasteiger partial charge in [0, 0.05) is 30.8 Å². The molecule has 2 aromatic rings. The van der Waals surface area contributed by atoms with Crippen LogP contribution in [0, 0.1) is 6.92 Å². The summed E-state index contributed by atoms with van der Waals surface area (Å²) in [5, 5.41) is 3.18. The van der Waals surface area contributed by atoms with Crippen LogP contribution in [0.5, 0.6) is 0 Å². The number of amides is 1. The first-order chi connectivity index (χ1) is 8.66. The van der Waals surface area contributed by atoms with E-state index in [-0.39, 0.29) is 5.91 Å². The molecule has 0 radical (unpaired) electrons. The summed E-state index contributed by atoms with van der Waals surface area (Å²) in [5.41, 5.74) is 2.09. The van der Waals surface area contributed by atoms with Crippen molar-refractivity contribution in [3.8, 4) is 0 Å². The Bertz CT molecular complexity index is 557. The highest BCUT2D eigenvalue weighted by Gasteiger charge is 2.10. The van der Waals surface area contributed by atoms with Gasteiger partial charge in [0.1, 0.15) is 0 Å². The normalized spacial score (nSPS) is 10.1. The number of halogens is 1. The smallest absolute Gasteiger partial charge is 0.254 e. The average Bonchev–Trinajstić information content (AvgIpc) is 2.37. The number of carbonyl (C=O) groups excluding carboxylic acids is 1. The van der Waals surface area contributed by atoms with Crippen LogP contribution < -0.4 is 5.32 Å². The van der Waals surface area contributed by atoms with Crippen LogP contribution in [0.15, 0.2) is 36.8 Å². The zero-order valence-corrected chi connectivity index (χ0v) is 10.6. The molecule has 0 saturated carbocycles. The molecule has 92 valence electrons. The molecular weight excluding hydrogens is 250 g/mol. The van der Waals surface area contributed by atoms with E-state index in [1.807, 2.05) is 19.1 Å². The van der Waals surface area contributed by atoms with Gasteiger partial charge in [0.05, 0.1) is 10.6 Å². The molecule has 0 aliphatic rings. The van der Waals surface area contributed by atoms with Gasteiger partial charge < -0.3 is 5.32 Å². The molecular formula is C13H12ClN3O. The van der Waals surface area contributed by atoms with Crippen molar-refractivity contribution in [2.45, 2.75) is 13.5 Å². The Balaban J connectivity index is 2.04. The van der Waals surface area contributed by atoms with Crippen LogP contribution in [0.3, 0.4) is 0 Å². The molecule has 4 nitrogen and oxygen atoms in total. The molecule has 0 aliphatic carbocycles. The Morgan fingerprint density at radius 1 is 1.44 bits per heavy atom. The van der Waals surface area contributed by atoms with Gasteiger partial charge in [-0.05, 0) is 24.6 Å². The summed E-state index contributed by atoms with van der Waals surface area (Å²) < 4.78 is 0. The van der Waals surface area contributed by atoms with Crippen LogP contribution in [-0.2, 0) is 6.54 Å². The van der Waals surface area contributed by atoms with Crippen molar-refractivity contribution >= 4 is 17.5 Å². The van der Waals surface area contributed by atoms with E-state index in [0.717, 1.165) is 11.3 Å². The summed E-state index contributed by atoms with van der Waals surface area (Å²) in [6.07, 6.45) is 4.87. The largest absolute Gasteiger partial charge is 0.348 e. The van der Waals surface area contributed by atoms with Crippen molar-refractivity contribution in [1.29, 1.82) is 0 Å². The van der Waals surface area contributed by atoms with Crippen molar-refractivity contribution in [2.75, 3.05) is 0 Å². The molecule has 0 aromatic carbocycles. The molecule has 0 unspecified atom stereocenters. The lowest BCUT2D eigenvalue weighted by atomic mass is 10.2. The Kier molecular flexibility index (Phi) is 3.89. The molecule has 0 spiro atoms. The molecule has 0 fully saturated rings. The van der Waals surface area contributed by atoms with Gasteiger partial charge in [0.15, 0.2) is 0 Å². The summed E-state index contributed by atoms with van der Waals surface area (Å²) in [4.78, 5) is 19.9. The Morgan fingerprint density at radius 2 is 2.28 bits per heavy atom. The number of aromatic nitrogens is 2. The molecule has 1 amide bonds. The highest BCUT2D eigenvalue weighted by Crippen LogP contribution is 2.15. The third-order valence-corrected chi connectivity index (χ3v) is 2.72.